The Hall–Kier alpha value is -3.93. The number of nitrogens with zero attached hydrogens (tertiary/aromatic N) is 2. The highest BCUT2D eigenvalue weighted by Crippen LogP contribution is 2.10. The summed E-state index contributed by atoms with van der Waals surface area (Å²) >= 11 is 0. The van der Waals surface area contributed by atoms with Crippen LogP contribution >= 0.6 is 0 Å². The summed E-state index contributed by atoms with van der Waals surface area (Å²) in [5, 5.41) is 0. The molecule has 0 aliphatic rings. The first-order valence-electron chi connectivity index (χ1n) is 9.90. The van der Waals surface area contributed by atoms with Crippen molar-refractivity contribution in [1.82, 2.24) is 4.90 Å². The number of amidine groups is 1. The molecule has 0 aliphatic carbocycles. The fourth-order valence-electron chi connectivity index (χ4n) is 2.82. The van der Waals surface area contributed by atoms with Crippen LogP contribution in [-0.4, -0.2) is 22.9 Å². The molecule has 0 atom stereocenters. The van der Waals surface area contributed by atoms with Gasteiger partial charge in [-0.2, -0.15) is 4.99 Å². The summed E-state index contributed by atoms with van der Waals surface area (Å²) < 4.78 is 10.7. The van der Waals surface area contributed by atoms with Crippen LogP contribution in [0.2, 0.25) is 0 Å². The predicted octanol–water partition coefficient (Wildman–Crippen LogP) is 5.58. The summed E-state index contributed by atoms with van der Waals surface area (Å²) in [7, 11) is 0. The van der Waals surface area contributed by atoms with E-state index in [9.17, 15) is 9.59 Å². The van der Waals surface area contributed by atoms with Gasteiger partial charge in [-0.3, -0.25) is 4.90 Å². The molecule has 0 aliphatic heterocycles. The zero-order valence-corrected chi connectivity index (χ0v) is 17.3. The van der Waals surface area contributed by atoms with Gasteiger partial charge < -0.3 is 9.47 Å². The number of carbonyl (C=O) groups excluding carboxylic acids is 2. The van der Waals surface area contributed by atoms with Crippen LogP contribution in [0.5, 0.6) is 0 Å². The second-order valence-corrected chi connectivity index (χ2v) is 6.81. The number of aliphatic imine (C=N–C) groups is 1. The highest BCUT2D eigenvalue weighted by molar-refractivity contribution is 5.98. The summed E-state index contributed by atoms with van der Waals surface area (Å²) in [5.74, 6) is 0.194. The van der Waals surface area contributed by atoms with E-state index in [4.69, 9.17) is 9.47 Å². The van der Waals surface area contributed by atoms with Gasteiger partial charge in [0.25, 0.3) is 0 Å². The minimum Gasteiger partial charge on any atom is -0.444 e. The first kappa shape index (κ1) is 21.8. The smallest absolute Gasteiger partial charge is 0.435 e. The third-order valence-corrected chi connectivity index (χ3v) is 4.46. The molecule has 0 bridgehead atoms. The molecule has 31 heavy (non-hydrogen) atoms. The van der Waals surface area contributed by atoms with Crippen molar-refractivity contribution in [3.8, 4) is 0 Å². The Morgan fingerprint density at radius 2 is 1.16 bits per heavy atom. The molecule has 6 nitrogen and oxygen atoms in total. The molecule has 0 saturated carbocycles. The molecule has 158 valence electrons. The first-order chi connectivity index (χ1) is 15.1. The fourth-order valence-corrected chi connectivity index (χ4v) is 2.82. The van der Waals surface area contributed by atoms with Crippen molar-refractivity contribution in [3.05, 3.63) is 108 Å². The number of hydrogen-bond donors (Lipinski definition) is 0. The van der Waals surface area contributed by atoms with Crippen molar-refractivity contribution in [3.63, 3.8) is 0 Å². The number of hydrogen-bond acceptors (Lipinski definition) is 4. The van der Waals surface area contributed by atoms with Crippen LogP contribution in [0.4, 0.5) is 9.59 Å². The Bertz CT molecular complexity index is 1010. The van der Waals surface area contributed by atoms with Crippen LogP contribution in [0.15, 0.2) is 96.0 Å². The Morgan fingerprint density at radius 1 is 0.710 bits per heavy atom. The van der Waals surface area contributed by atoms with E-state index >= 15 is 0 Å². The van der Waals surface area contributed by atoms with Crippen molar-refractivity contribution >= 4 is 18.0 Å². The average Bonchev–Trinajstić information content (AvgIpc) is 2.81. The predicted molar refractivity (Wildman–Crippen MR) is 118 cm³/mol. The van der Waals surface area contributed by atoms with Gasteiger partial charge in [0.05, 0.1) is 6.54 Å². The van der Waals surface area contributed by atoms with E-state index in [1.165, 1.54) is 4.90 Å². The molecule has 0 N–H and O–H groups in total. The van der Waals surface area contributed by atoms with Gasteiger partial charge in [-0.15, -0.1) is 0 Å². The Morgan fingerprint density at radius 3 is 1.68 bits per heavy atom. The van der Waals surface area contributed by atoms with Gasteiger partial charge in [-0.1, -0.05) is 91.0 Å². The van der Waals surface area contributed by atoms with Crippen LogP contribution in [-0.2, 0) is 29.2 Å². The molecule has 3 aromatic rings. The molecule has 0 radical (unpaired) electrons. The minimum atomic E-state index is -0.768. The van der Waals surface area contributed by atoms with Gasteiger partial charge in [0, 0.05) is 0 Å². The summed E-state index contributed by atoms with van der Waals surface area (Å²) in [6.07, 6.45) is -1.36. The van der Waals surface area contributed by atoms with Crippen LogP contribution in [0.25, 0.3) is 0 Å². The third-order valence-electron chi connectivity index (χ3n) is 4.46. The number of benzene rings is 3. The van der Waals surface area contributed by atoms with Crippen LogP contribution in [0.3, 0.4) is 0 Å². The van der Waals surface area contributed by atoms with E-state index in [0.29, 0.717) is 0 Å². The maximum absolute atomic E-state index is 12.8. The second-order valence-electron chi connectivity index (χ2n) is 6.81. The lowest BCUT2D eigenvalue weighted by Gasteiger charge is -2.21. The van der Waals surface area contributed by atoms with Crippen molar-refractivity contribution in [2.75, 3.05) is 0 Å². The zero-order chi connectivity index (χ0) is 21.9. The van der Waals surface area contributed by atoms with Crippen molar-refractivity contribution in [2.45, 2.75) is 26.7 Å². The first-order valence-corrected chi connectivity index (χ1v) is 9.90. The highest BCUT2D eigenvalue weighted by atomic mass is 16.6. The maximum Gasteiger partial charge on any atom is 0.435 e. The van der Waals surface area contributed by atoms with Crippen molar-refractivity contribution in [1.29, 1.82) is 0 Å². The monoisotopic (exact) mass is 416 g/mol. The summed E-state index contributed by atoms with van der Waals surface area (Å²) in [6, 6.07) is 28.1. The van der Waals surface area contributed by atoms with Crippen LogP contribution < -0.4 is 0 Å². The van der Waals surface area contributed by atoms with Gasteiger partial charge >= 0.3 is 12.2 Å². The van der Waals surface area contributed by atoms with E-state index in [-0.39, 0.29) is 25.6 Å². The van der Waals surface area contributed by atoms with Crippen LogP contribution in [0.1, 0.15) is 23.6 Å². The molecule has 3 aromatic carbocycles. The standard InChI is InChI=1S/C25H24N2O4/c1-20(26-24(28)30-18-22-13-7-3-8-14-22)27(17-21-11-5-2-6-12-21)25(29)31-19-23-15-9-4-10-16-23/h2-16H,17-19H2,1H3/b26-20-. The van der Waals surface area contributed by atoms with Crippen LogP contribution in [0, 0.1) is 0 Å². The SMILES string of the molecule is C/C(=N/C(=O)OCc1ccccc1)N(Cc1ccccc1)C(=O)OCc1ccccc1. The molecule has 0 spiro atoms. The summed E-state index contributed by atoms with van der Waals surface area (Å²) in [4.78, 5) is 30.3. The lowest BCUT2D eigenvalue weighted by atomic mass is 10.2. The Kier molecular flexibility index (Phi) is 7.94. The van der Waals surface area contributed by atoms with E-state index < -0.39 is 12.2 Å². The highest BCUT2D eigenvalue weighted by Gasteiger charge is 2.20. The summed E-state index contributed by atoms with van der Waals surface area (Å²) in [5.41, 5.74) is 2.60. The van der Waals surface area contributed by atoms with Gasteiger partial charge in [-0.25, -0.2) is 9.59 Å². The third kappa shape index (κ3) is 7.12. The molecular formula is C25H24N2O4. The normalized spacial score (nSPS) is 10.9. The molecule has 2 amide bonds. The maximum atomic E-state index is 12.8. The number of ether oxygens (including phenoxy) is 2. The molecule has 0 heterocycles. The van der Waals surface area contributed by atoms with Crippen molar-refractivity contribution < 1.29 is 19.1 Å². The summed E-state index contributed by atoms with van der Waals surface area (Å²) in [6.45, 7) is 2.02. The largest absolute Gasteiger partial charge is 0.444 e. The Labute approximate surface area is 181 Å². The van der Waals surface area contributed by atoms with E-state index in [1.54, 1.807) is 6.92 Å². The van der Waals surface area contributed by atoms with E-state index in [0.717, 1.165) is 16.7 Å². The molecular weight excluding hydrogens is 392 g/mol. The topological polar surface area (TPSA) is 68.2 Å². The van der Waals surface area contributed by atoms with Gasteiger partial charge in [0.1, 0.15) is 19.0 Å². The van der Waals surface area contributed by atoms with E-state index in [2.05, 4.69) is 4.99 Å². The lowest BCUT2D eigenvalue weighted by Crippen LogP contribution is -2.35. The van der Waals surface area contributed by atoms with Crippen molar-refractivity contribution in [2.24, 2.45) is 4.99 Å². The minimum absolute atomic E-state index is 0.105. The molecule has 3 rings (SSSR count). The van der Waals surface area contributed by atoms with Gasteiger partial charge in [-0.05, 0) is 23.6 Å². The zero-order valence-electron chi connectivity index (χ0n) is 17.3. The molecule has 0 fully saturated rings. The molecule has 0 unspecified atom stereocenters. The van der Waals surface area contributed by atoms with E-state index in [1.807, 2.05) is 91.0 Å². The van der Waals surface area contributed by atoms with Gasteiger partial charge in [0.15, 0.2) is 0 Å². The molecule has 0 saturated heterocycles. The second kappa shape index (κ2) is 11.3. The number of carbonyl (C=O) groups is 2. The fraction of sp³-hybridized carbons (Fsp3) is 0.160. The molecule has 6 heteroatoms. The quantitative estimate of drug-likeness (QED) is 0.389. The number of rotatable bonds is 6. The molecule has 0 aromatic heterocycles. The Balaban J connectivity index is 1.68. The number of amides is 2. The lowest BCUT2D eigenvalue weighted by molar-refractivity contribution is 0.114. The average molecular weight is 416 g/mol. The van der Waals surface area contributed by atoms with Gasteiger partial charge in [0.2, 0.25) is 0 Å².